The first-order chi connectivity index (χ1) is 9.40. The maximum Gasteiger partial charge on any atom is 0.407 e. The van der Waals surface area contributed by atoms with E-state index in [9.17, 15) is 9.59 Å². The Labute approximate surface area is 116 Å². The Kier molecular flexibility index (Phi) is 3.74. The number of amides is 1. The molecule has 20 heavy (non-hydrogen) atoms. The third-order valence-corrected chi connectivity index (χ3v) is 2.57. The van der Waals surface area contributed by atoms with E-state index in [1.54, 1.807) is 37.4 Å². The summed E-state index contributed by atoms with van der Waals surface area (Å²) in [6.45, 7) is 5.54. The molecule has 2 heterocycles. The molecule has 0 aliphatic rings. The van der Waals surface area contributed by atoms with Gasteiger partial charge >= 0.3 is 6.09 Å². The smallest absolute Gasteiger partial charge is 0.407 e. The second kappa shape index (κ2) is 5.32. The number of pyridine rings is 1. The Bertz CT molecular complexity index is 641. The molecule has 1 amide bonds. The molecule has 2 aromatic rings. The molecule has 0 bridgehead atoms. The van der Waals surface area contributed by atoms with Crippen molar-refractivity contribution in [2.24, 2.45) is 0 Å². The maximum absolute atomic E-state index is 11.6. The molecule has 0 aliphatic heterocycles. The van der Waals surface area contributed by atoms with Crippen molar-refractivity contribution in [1.82, 2.24) is 14.7 Å². The van der Waals surface area contributed by atoms with Crippen molar-refractivity contribution in [2.45, 2.75) is 32.9 Å². The Morgan fingerprint density at radius 1 is 1.45 bits per heavy atom. The number of aldehydes is 1. The van der Waals surface area contributed by atoms with Crippen LogP contribution in [0.1, 0.15) is 37.0 Å². The second-order valence-corrected chi connectivity index (χ2v) is 5.35. The van der Waals surface area contributed by atoms with Crippen molar-refractivity contribution in [3.05, 3.63) is 35.8 Å². The van der Waals surface area contributed by atoms with Crippen LogP contribution in [0.4, 0.5) is 4.79 Å². The summed E-state index contributed by atoms with van der Waals surface area (Å²) in [6, 6.07) is 5.46. The molecule has 2 rings (SSSR count). The van der Waals surface area contributed by atoms with Crippen molar-refractivity contribution < 1.29 is 14.3 Å². The zero-order chi connectivity index (χ0) is 14.8. The third kappa shape index (κ3) is 3.14. The summed E-state index contributed by atoms with van der Waals surface area (Å²) in [5, 5.41) is 2.63. The molecule has 0 atom stereocenters. The molecular formula is C14H17N3O3. The minimum atomic E-state index is -0.558. The number of carbonyl (C=O) groups excluding carboxylic acids is 2. The molecule has 6 heteroatoms. The maximum atomic E-state index is 11.6. The number of aromatic nitrogens is 2. The van der Waals surface area contributed by atoms with Crippen LogP contribution < -0.4 is 5.32 Å². The van der Waals surface area contributed by atoms with Gasteiger partial charge in [0, 0.05) is 6.20 Å². The van der Waals surface area contributed by atoms with Gasteiger partial charge in [-0.3, -0.25) is 4.79 Å². The number of ether oxygens (including phenoxy) is 1. The highest BCUT2D eigenvalue weighted by Crippen LogP contribution is 2.12. The van der Waals surface area contributed by atoms with Gasteiger partial charge in [0.15, 0.2) is 6.29 Å². The first kappa shape index (κ1) is 14.0. The van der Waals surface area contributed by atoms with Crippen molar-refractivity contribution in [1.29, 1.82) is 0 Å². The Morgan fingerprint density at radius 2 is 2.20 bits per heavy atom. The number of hydrogen-bond acceptors (Lipinski definition) is 4. The lowest BCUT2D eigenvalue weighted by molar-refractivity contribution is 0.0522. The average molecular weight is 275 g/mol. The summed E-state index contributed by atoms with van der Waals surface area (Å²) in [5.74, 6) is 0. The number of carbonyl (C=O) groups is 2. The minimum absolute atomic E-state index is 0.175. The summed E-state index contributed by atoms with van der Waals surface area (Å²) < 4.78 is 6.92. The topological polar surface area (TPSA) is 72.7 Å². The number of rotatable bonds is 3. The lowest BCUT2D eigenvalue weighted by Crippen LogP contribution is -2.32. The third-order valence-electron chi connectivity index (χ3n) is 2.57. The van der Waals surface area contributed by atoms with E-state index >= 15 is 0 Å². The molecule has 6 nitrogen and oxygen atoms in total. The first-order valence-corrected chi connectivity index (χ1v) is 6.29. The molecule has 106 valence electrons. The van der Waals surface area contributed by atoms with Gasteiger partial charge in [-0.25, -0.2) is 9.78 Å². The minimum Gasteiger partial charge on any atom is -0.444 e. The lowest BCUT2D eigenvalue weighted by atomic mass is 10.2. The standard InChI is InChI=1S/C14H17N3O3/c1-14(2,3)20-13(19)15-8-11-10(9-18)16-12-6-4-5-7-17(11)12/h4-7,9H,8H2,1-3H3,(H,15,19). The summed E-state index contributed by atoms with van der Waals surface area (Å²) in [6.07, 6.45) is 1.95. The van der Waals surface area contributed by atoms with Crippen LogP contribution in [0.5, 0.6) is 0 Å². The molecular weight excluding hydrogens is 258 g/mol. The molecule has 2 aromatic heterocycles. The SMILES string of the molecule is CC(C)(C)OC(=O)NCc1c(C=O)nc2ccccn12. The van der Waals surface area contributed by atoms with E-state index in [1.165, 1.54) is 0 Å². The number of nitrogens with zero attached hydrogens (tertiary/aromatic N) is 2. The molecule has 0 fully saturated rings. The van der Waals surface area contributed by atoms with Crippen LogP contribution in [0.3, 0.4) is 0 Å². The number of imidazole rings is 1. The molecule has 0 unspecified atom stereocenters. The molecule has 0 aromatic carbocycles. The first-order valence-electron chi connectivity index (χ1n) is 6.29. The van der Waals surface area contributed by atoms with Gasteiger partial charge in [-0.15, -0.1) is 0 Å². The van der Waals surface area contributed by atoms with E-state index in [0.717, 1.165) is 0 Å². The number of alkyl carbamates (subject to hydrolysis) is 1. The summed E-state index contributed by atoms with van der Waals surface area (Å²) in [4.78, 5) is 26.9. The van der Waals surface area contributed by atoms with Crippen LogP contribution in [0.2, 0.25) is 0 Å². The zero-order valence-electron chi connectivity index (χ0n) is 11.7. The predicted molar refractivity (Wildman–Crippen MR) is 73.7 cm³/mol. The van der Waals surface area contributed by atoms with Gasteiger partial charge < -0.3 is 14.5 Å². The normalized spacial score (nSPS) is 11.3. The van der Waals surface area contributed by atoms with Crippen molar-refractivity contribution >= 4 is 18.0 Å². The van der Waals surface area contributed by atoms with Gasteiger partial charge in [-0.05, 0) is 32.9 Å². The van der Waals surface area contributed by atoms with Crippen LogP contribution in [-0.2, 0) is 11.3 Å². The Morgan fingerprint density at radius 3 is 2.85 bits per heavy atom. The van der Waals surface area contributed by atoms with E-state index in [4.69, 9.17) is 4.74 Å². The van der Waals surface area contributed by atoms with Crippen molar-refractivity contribution in [2.75, 3.05) is 0 Å². The summed E-state index contributed by atoms with van der Waals surface area (Å²) >= 11 is 0. The van der Waals surface area contributed by atoms with Gasteiger partial charge in [0.2, 0.25) is 0 Å². The van der Waals surface area contributed by atoms with E-state index in [1.807, 2.05) is 12.1 Å². The van der Waals surface area contributed by atoms with E-state index in [0.29, 0.717) is 23.3 Å². The van der Waals surface area contributed by atoms with Crippen LogP contribution in [0.25, 0.3) is 5.65 Å². The van der Waals surface area contributed by atoms with Gasteiger partial charge in [-0.1, -0.05) is 6.07 Å². The van der Waals surface area contributed by atoms with Crippen molar-refractivity contribution in [3.8, 4) is 0 Å². The fourth-order valence-electron chi connectivity index (χ4n) is 1.80. The number of fused-ring (bicyclic) bond motifs is 1. The molecule has 0 saturated heterocycles. The zero-order valence-corrected chi connectivity index (χ0v) is 11.7. The van der Waals surface area contributed by atoms with Gasteiger partial charge in [0.05, 0.1) is 12.2 Å². The Balaban J connectivity index is 2.17. The van der Waals surface area contributed by atoms with Crippen LogP contribution in [0.15, 0.2) is 24.4 Å². The largest absolute Gasteiger partial charge is 0.444 e. The van der Waals surface area contributed by atoms with Gasteiger partial charge in [0.25, 0.3) is 0 Å². The highest BCUT2D eigenvalue weighted by atomic mass is 16.6. The fraction of sp³-hybridized carbons (Fsp3) is 0.357. The highest BCUT2D eigenvalue weighted by Gasteiger charge is 2.17. The van der Waals surface area contributed by atoms with Crippen LogP contribution >= 0.6 is 0 Å². The predicted octanol–water partition coefficient (Wildman–Crippen LogP) is 2.17. The number of hydrogen-bond donors (Lipinski definition) is 1. The quantitative estimate of drug-likeness (QED) is 0.871. The number of nitrogens with one attached hydrogen (secondary N) is 1. The molecule has 0 radical (unpaired) electrons. The monoisotopic (exact) mass is 275 g/mol. The van der Waals surface area contributed by atoms with Crippen LogP contribution in [0, 0.1) is 0 Å². The van der Waals surface area contributed by atoms with E-state index in [-0.39, 0.29) is 6.54 Å². The lowest BCUT2D eigenvalue weighted by Gasteiger charge is -2.19. The Hall–Kier alpha value is -2.37. The van der Waals surface area contributed by atoms with E-state index in [2.05, 4.69) is 10.3 Å². The van der Waals surface area contributed by atoms with Crippen molar-refractivity contribution in [3.63, 3.8) is 0 Å². The molecule has 0 saturated carbocycles. The van der Waals surface area contributed by atoms with E-state index < -0.39 is 11.7 Å². The van der Waals surface area contributed by atoms with Gasteiger partial charge in [0.1, 0.15) is 16.9 Å². The molecule has 0 spiro atoms. The second-order valence-electron chi connectivity index (χ2n) is 5.35. The summed E-state index contributed by atoms with van der Waals surface area (Å²) in [5.41, 5.74) is 1.04. The highest BCUT2D eigenvalue weighted by molar-refractivity contribution is 5.76. The average Bonchev–Trinajstić information content (AvgIpc) is 2.72. The fourth-order valence-corrected chi connectivity index (χ4v) is 1.80. The molecule has 0 aliphatic carbocycles. The summed E-state index contributed by atoms with van der Waals surface area (Å²) in [7, 11) is 0. The molecule has 1 N–H and O–H groups in total. The van der Waals surface area contributed by atoms with Gasteiger partial charge in [-0.2, -0.15) is 0 Å². The van der Waals surface area contributed by atoms with Crippen LogP contribution in [-0.4, -0.2) is 27.4 Å².